The summed E-state index contributed by atoms with van der Waals surface area (Å²) in [4.78, 5) is 0. The van der Waals surface area contributed by atoms with Gasteiger partial charge in [-0.25, -0.2) is 0 Å². The predicted octanol–water partition coefficient (Wildman–Crippen LogP) is 3.05. The molecule has 16 heavy (non-hydrogen) atoms. The molecule has 0 aliphatic carbocycles. The highest BCUT2D eigenvalue weighted by atomic mass is 32.2. The normalized spacial score (nSPS) is 15.7. The fourth-order valence-electron chi connectivity index (χ4n) is 2.04. The zero-order valence-corrected chi connectivity index (χ0v) is 10.4. The second-order valence-electron chi connectivity index (χ2n) is 4.11. The lowest BCUT2D eigenvalue weighted by atomic mass is 9.96. The van der Waals surface area contributed by atoms with Crippen LogP contribution in [0.15, 0.2) is 30.3 Å². The highest BCUT2D eigenvalue weighted by Gasteiger charge is 2.30. The number of hydrogen-bond acceptors (Lipinski definition) is 2. The van der Waals surface area contributed by atoms with Gasteiger partial charge in [0, 0.05) is 0 Å². The first kappa shape index (κ1) is 13.2. The zero-order chi connectivity index (χ0) is 12.2. The monoisotopic (exact) mass is 242 g/mol. The van der Waals surface area contributed by atoms with Crippen LogP contribution in [0.2, 0.25) is 0 Å². The molecule has 3 nitrogen and oxygen atoms in total. The molecule has 0 fully saturated rings. The van der Waals surface area contributed by atoms with Gasteiger partial charge in [0.2, 0.25) is 0 Å². The minimum atomic E-state index is -4.04. The highest BCUT2D eigenvalue weighted by Crippen LogP contribution is 2.32. The maximum absolute atomic E-state index is 11.4. The van der Waals surface area contributed by atoms with Gasteiger partial charge in [0.1, 0.15) is 5.25 Å². The second-order valence-corrected chi connectivity index (χ2v) is 5.65. The lowest BCUT2D eigenvalue weighted by molar-refractivity contribution is 0.422. The van der Waals surface area contributed by atoms with E-state index in [2.05, 4.69) is 0 Å². The Balaban J connectivity index is 3.07. The summed E-state index contributed by atoms with van der Waals surface area (Å²) >= 11 is 0. The van der Waals surface area contributed by atoms with Crippen LogP contribution in [0, 0.1) is 5.92 Å². The number of benzene rings is 1. The molecule has 0 saturated carbocycles. The first-order valence-electron chi connectivity index (χ1n) is 5.48. The van der Waals surface area contributed by atoms with E-state index in [1.165, 1.54) is 0 Å². The van der Waals surface area contributed by atoms with E-state index in [4.69, 9.17) is 0 Å². The fraction of sp³-hybridized carbons (Fsp3) is 0.500. The summed E-state index contributed by atoms with van der Waals surface area (Å²) in [6.45, 7) is 3.86. The summed E-state index contributed by atoms with van der Waals surface area (Å²) in [6.07, 6.45) is 1.68. The number of hydrogen-bond donors (Lipinski definition) is 1. The molecule has 1 N–H and O–H groups in total. The molecule has 0 aliphatic rings. The Labute approximate surface area is 97.2 Å². The van der Waals surface area contributed by atoms with Crippen molar-refractivity contribution in [2.75, 3.05) is 0 Å². The largest absolute Gasteiger partial charge is 0.285 e. The van der Waals surface area contributed by atoms with Crippen LogP contribution in [0.3, 0.4) is 0 Å². The van der Waals surface area contributed by atoms with Crippen LogP contribution in [0.5, 0.6) is 0 Å². The van der Waals surface area contributed by atoms with Gasteiger partial charge in [-0.2, -0.15) is 8.42 Å². The van der Waals surface area contributed by atoms with Crippen LogP contribution in [0.25, 0.3) is 0 Å². The van der Waals surface area contributed by atoms with Crippen molar-refractivity contribution in [1.29, 1.82) is 0 Å². The quantitative estimate of drug-likeness (QED) is 0.807. The Morgan fingerprint density at radius 2 is 1.81 bits per heavy atom. The zero-order valence-electron chi connectivity index (χ0n) is 9.63. The molecule has 0 amide bonds. The van der Waals surface area contributed by atoms with Crippen LogP contribution < -0.4 is 0 Å². The van der Waals surface area contributed by atoms with Crippen molar-refractivity contribution in [3.05, 3.63) is 35.9 Å². The van der Waals surface area contributed by atoms with Gasteiger partial charge in [-0.3, -0.25) is 4.55 Å². The third-order valence-electron chi connectivity index (χ3n) is 2.71. The van der Waals surface area contributed by atoms with Gasteiger partial charge in [-0.1, -0.05) is 50.6 Å². The predicted molar refractivity (Wildman–Crippen MR) is 64.8 cm³/mol. The molecule has 0 bridgehead atoms. The van der Waals surface area contributed by atoms with Crippen LogP contribution in [0.1, 0.15) is 37.5 Å². The third-order valence-corrected chi connectivity index (χ3v) is 4.09. The van der Waals surface area contributed by atoms with E-state index in [1.807, 2.05) is 19.9 Å². The maximum Gasteiger partial charge on any atom is 0.272 e. The molecule has 0 saturated heterocycles. The molecule has 1 aromatic carbocycles. The molecule has 0 heterocycles. The average molecular weight is 242 g/mol. The van der Waals surface area contributed by atoms with Gasteiger partial charge in [0.15, 0.2) is 0 Å². The van der Waals surface area contributed by atoms with Gasteiger partial charge < -0.3 is 0 Å². The van der Waals surface area contributed by atoms with Crippen molar-refractivity contribution >= 4 is 10.1 Å². The molecule has 4 heteroatoms. The Bertz CT molecular complexity index is 411. The van der Waals surface area contributed by atoms with Gasteiger partial charge >= 0.3 is 0 Å². The van der Waals surface area contributed by atoms with Crippen molar-refractivity contribution in [3.63, 3.8) is 0 Å². The summed E-state index contributed by atoms with van der Waals surface area (Å²) in [5.41, 5.74) is 0.658. The molecule has 0 aromatic heterocycles. The Morgan fingerprint density at radius 1 is 1.25 bits per heavy atom. The summed E-state index contributed by atoms with van der Waals surface area (Å²) in [6, 6.07) is 8.88. The Hall–Kier alpha value is -0.870. The maximum atomic E-state index is 11.4. The van der Waals surface area contributed by atoms with Gasteiger partial charge in [0.25, 0.3) is 10.1 Å². The van der Waals surface area contributed by atoms with Crippen molar-refractivity contribution in [1.82, 2.24) is 0 Å². The van der Waals surface area contributed by atoms with Gasteiger partial charge in [-0.05, 0) is 17.9 Å². The van der Waals surface area contributed by atoms with Crippen molar-refractivity contribution < 1.29 is 13.0 Å². The SMILES string of the molecule is CCCC(C)C(c1ccccc1)S(=O)(=O)O. The molecule has 90 valence electrons. The highest BCUT2D eigenvalue weighted by molar-refractivity contribution is 7.86. The minimum Gasteiger partial charge on any atom is -0.285 e. The van der Waals surface area contributed by atoms with E-state index >= 15 is 0 Å². The Morgan fingerprint density at radius 3 is 2.25 bits per heavy atom. The van der Waals surface area contributed by atoms with Crippen LogP contribution in [0.4, 0.5) is 0 Å². The second kappa shape index (κ2) is 5.46. The van der Waals surface area contributed by atoms with E-state index in [0.29, 0.717) is 5.56 Å². The standard InChI is InChI=1S/C12H18O3S/c1-3-7-10(2)12(16(13,14)15)11-8-5-4-6-9-11/h4-6,8-10,12H,3,7H2,1-2H3,(H,13,14,15). The van der Waals surface area contributed by atoms with Crippen molar-refractivity contribution in [3.8, 4) is 0 Å². The first-order valence-corrected chi connectivity index (χ1v) is 6.98. The fourth-order valence-corrected chi connectivity index (χ4v) is 3.27. The summed E-state index contributed by atoms with van der Waals surface area (Å²) in [5, 5.41) is -0.811. The van der Waals surface area contributed by atoms with Crippen molar-refractivity contribution in [2.45, 2.75) is 31.9 Å². The lowest BCUT2D eigenvalue weighted by Gasteiger charge is -2.21. The van der Waals surface area contributed by atoms with Crippen LogP contribution in [-0.4, -0.2) is 13.0 Å². The summed E-state index contributed by atoms with van der Waals surface area (Å²) in [7, 11) is -4.04. The van der Waals surface area contributed by atoms with E-state index in [1.54, 1.807) is 24.3 Å². The van der Waals surface area contributed by atoms with Crippen molar-refractivity contribution in [2.24, 2.45) is 5.92 Å². The molecule has 1 rings (SSSR count). The minimum absolute atomic E-state index is 0.0811. The topological polar surface area (TPSA) is 54.4 Å². The van der Waals surface area contributed by atoms with Crippen LogP contribution >= 0.6 is 0 Å². The summed E-state index contributed by atoms with van der Waals surface area (Å²) in [5.74, 6) is -0.0811. The molecule has 2 unspecified atom stereocenters. The molecule has 0 spiro atoms. The van der Waals surface area contributed by atoms with Gasteiger partial charge in [0.05, 0.1) is 0 Å². The summed E-state index contributed by atoms with van der Waals surface area (Å²) < 4.78 is 32.1. The number of rotatable bonds is 5. The van der Waals surface area contributed by atoms with Crippen LogP contribution in [-0.2, 0) is 10.1 Å². The van der Waals surface area contributed by atoms with E-state index in [9.17, 15) is 13.0 Å². The molecule has 1 aromatic rings. The third kappa shape index (κ3) is 3.32. The average Bonchev–Trinajstić information content (AvgIpc) is 2.17. The molecule has 0 radical (unpaired) electrons. The first-order chi connectivity index (χ1) is 7.46. The van der Waals surface area contributed by atoms with E-state index in [-0.39, 0.29) is 5.92 Å². The molecule has 0 aliphatic heterocycles. The van der Waals surface area contributed by atoms with E-state index < -0.39 is 15.4 Å². The van der Waals surface area contributed by atoms with Gasteiger partial charge in [-0.15, -0.1) is 0 Å². The lowest BCUT2D eigenvalue weighted by Crippen LogP contribution is -2.19. The van der Waals surface area contributed by atoms with E-state index in [0.717, 1.165) is 12.8 Å². The molecular formula is C12H18O3S. The molecule has 2 atom stereocenters. The smallest absolute Gasteiger partial charge is 0.272 e. The Kier molecular flexibility index (Phi) is 4.50. The molecular weight excluding hydrogens is 224 g/mol.